The molecule has 0 amide bonds. The first-order chi connectivity index (χ1) is 7.71. The van der Waals surface area contributed by atoms with E-state index >= 15 is 0 Å². The van der Waals surface area contributed by atoms with Gasteiger partial charge in [0.05, 0.1) is 19.9 Å². The molecule has 1 aromatic carbocycles. The largest absolute Gasteiger partial charge is 0.497 e. The molecule has 5 heteroatoms. The molecule has 16 heavy (non-hydrogen) atoms. The summed E-state index contributed by atoms with van der Waals surface area (Å²) in [5.41, 5.74) is 12.0. The predicted molar refractivity (Wildman–Crippen MR) is 65.1 cm³/mol. The molecule has 1 rings (SSSR count). The Labute approximate surface area is 95.7 Å². The zero-order valence-electron chi connectivity index (χ0n) is 9.69. The summed E-state index contributed by atoms with van der Waals surface area (Å²) in [6.07, 6.45) is 0. The van der Waals surface area contributed by atoms with Gasteiger partial charge in [0, 0.05) is 25.2 Å². The summed E-state index contributed by atoms with van der Waals surface area (Å²) >= 11 is 0. The van der Waals surface area contributed by atoms with Crippen LogP contribution in [-0.4, -0.2) is 33.4 Å². The number of benzene rings is 1. The Morgan fingerprint density at radius 1 is 1.31 bits per heavy atom. The number of ether oxygens (including phenoxy) is 2. The van der Waals surface area contributed by atoms with E-state index in [1.807, 2.05) is 18.2 Å². The van der Waals surface area contributed by atoms with Crippen LogP contribution in [0.5, 0.6) is 11.5 Å². The fourth-order valence-corrected chi connectivity index (χ4v) is 1.27. The molecule has 0 aromatic heterocycles. The molecule has 0 aliphatic rings. The van der Waals surface area contributed by atoms with Crippen molar-refractivity contribution in [2.45, 2.75) is 6.04 Å². The van der Waals surface area contributed by atoms with Gasteiger partial charge in [-0.2, -0.15) is 0 Å². The van der Waals surface area contributed by atoms with Crippen LogP contribution < -0.4 is 26.3 Å². The lowest BCUT2D eigenvalue weighted by Gasteiger charge is -2.15. The standard InChI is InChI=1S/C11H19N3O2/c1-15-9-3-4-10(11(5-9)16-2)14-7-8(13)6-12/h3-5,8,14H,6-7,12-13H2,1-2H3. The summed E-state index contributed by atoms with van der Waals surface area (Å²) in [4.78, 5) is 0. The molecule has 0 heterocycles. The SMILES string of the molecule is COc1ccc(NCC(N)CN)c(OC)c1. The third-order valence-electron chi connectivity index (χ3n) is 2.27. The number of rotatable bonds is 6. The summed E-state index contributed by atoms with van der Waals surface area (Å²) < 4.78 is 10.3. The van der Waals surface area contributed by atoms with E-state index in [9.17, 15) is 0 Å². The van der Waals surface area contributed by atoms with Crippen molar-refractivity contribution in [1.29, 1.82) is 0 Å². The molecule has 0 bridgehead atoms. The Kier molecular flexibility index (Phi) is 4.88. The van der Waals surface area contributed by atoms with Gasteiger partial charge in [0.1, 0.15) is 11.5 Å². The molecule has 5 nitrogen and oxygen atoms in total. The first-order valence-electron chi connectivity index (χ1n) is 5.12. The minimum absolute atomic E-state index is 0.0631. The summed E-state index contributed by atoms with van der Waals surface area (Å²) in [5, 5.41) is 3.18. The van der Waals surface area contributed by atoms with E-state index in [4.69, 9.17) is 20.9 Å². The second-order valence-corrected chi connectivity index (χ2v) is 3.44. The maximum Gasteiger partial charge on any atom is 0.145 e. The minimum atomic E-state index is -0.0631. The fourth-order valence-electron chi connectivity index (χ4n) is 1.27. The van der Waals surface area contributed by atoms with Gasteiger partial charge in [-0.25, -0.2) is 0 Å². The first kappa shape index (κ1) is 12.6. The van der Waals surface area contributed by atoms with Crippen molar-refractivity contribution in [3.05, 3.63) is 18.2 Å². The van der Waals surface area contributed by atoms with Crippen molar-refractivity contribution in [1.82, 2.24) is 0 Å². The Balaban J connectivity index is 2.71. The van der Waals surface area contributed by atoms with Gasteiger partial charge >= 0.3 is 0 Å². The Hall–Kier alpha value is -1.46. The number of hydrogen-bond donors (Lipinski definition) is 3. The molecular weight excluding hydrogens is 206 g/mol. The van der Waals surface area contributed by atoms with Crippen molar-refractivity contribution in [3.8, 4) is 11.5 Å². The van der Waals surface area contributed by atoms with Gasteiger partial charge < -0.3 is 26.3 Å². The Bertz CT molecular complexity index is 331. The second-order valence-electron chi connectivity index (χ2n) is 3.44. The van der Waals surface area contributed by atoms with E-state index in [2.05, 4.69) is 5.32 Å². The van der Waals surface area contributed by atoms with Crippen LogP contribution in [0.25, 0.3) is 0 Å². The van der Waals surface area contributed by atoms with Crippen molar-refractivity contribution in [3.63, 3.8) is 0 Å². The molecule has 0 aliphatic carbocycles. The van der Waals surface area contributed by atoms with Crippen molar-refractivity contribution >= 4 is 5.69 Å². The average Bonchev–Trinajstić information content (AvgIpc) is 2.35. The zero-order valence-corrected chi connectivity index (χ0v) is 9.69. The zero-order chi connectivity index (χ0) is 12.0. The number of methoxy groups -OCH3 is 2. The Morgan fingerprint density at radius 3 is 2.62 bits per heavy atom. The van der Waals surface area contributed by atoms with Gasteiger partial charge in [0.25, 0.3) is 0 Å². The molecule has 0 aliphatic heterocycles. The van der Waals surface area contributed by atoms with Gasteiger partial charge in [-0.15, -0.1) is 0 Å². The van der Waals surface area contributed by atoms with Crippen LogP contribution in [0.1, 0.15) is 0 Å². The highest BCUT2D eigenvalue weighted by Crippen LogP contribution is 2.28. The number of nitrogens with one attached hydrogen (secondary N) is 1. The van der Waals surface area contributed by atoms with Gasteiger partial charge in [0.15, 0.2) is 0 Å². The highest BCUT2D eigenvalue weighted by molar-refractivity contribution is 5.59. The van der Waals surface area contributed by atoms with Gasteiger partial charge in [-0.1, -0.05) is 0 Å². The third kappa shape index (κ3) is 3.29. The first-order valence-corrected chi connectivity index (χ1v) is 5.12. The highest BCUT2D eigenvalue weighted by atomic mass is 16.5. The normalized spacial score (nSPS) is 12.0. The summed E-state index contributed by atoms with van der Waals surface area (Å²) in [6.45, 7) is 1.06. The lowest BCUT2D eigenvalue weighted by Crippen LogP contribution is -2.36. The molecule has 5 N–H and O–H groups in total. The van der Waals surface area contributed by atoms with E-state index in [1.165, 1.54) is 0 Å². The molecule has 1 atom stereocenters. The lowest BCUT2D eigenvalue weighted by atomic mass is 10.2. The van der Waals surface area contributed by atoms with Gasteiger partial charge in [-0.3, -0.25) is 0 Å². The molecule has 0 saturated heterocycles. The van der Waals surface area contributed by atoms with E-state index in [1.54, 1.807) is 14.2 Å². The minimum Gasteiger partial charge on any atom is -0.497 e. The van der Waals surface area contributed by atoms with Crippen LogP contribution >= 0.6 is 0 Å². The number of hydrogen-bond acceptors (Lipinski definition) is 5. The van der Waals surface area contributed by atoms with Crippen LogP contribution in [-0.2, 0) is 0 Å². The predicted octanol–water partition coefficient (Wildman–Crippen LogP) is 0.402. The number of nitrogens with two attached hydrogens (primary N) is 2. The Morgan fingerprint density at radius 2 is 2.06 bits per heavy atom. The van der Waals surface area contributed by atoms with Crippen LogP contribution in [0.3, 0.4) is 0 Å². The topological polar surface area (TPSA) is 82.5 Å². The maximum absolute atomic E-state index is 5.72. The molecular formula is C11H19N3O2. The maximum atomic E-state index is 5.72. The smallest absolute Gasteiger partial charge is 0.145 e. The number of anilines is 1. The van der Waals surface area contributed by atoms with Crippen LogP contribution in [0.2, 0.25) is 0 Å². The fraction of sp³-hybridized carbons (Fsp3) is 0.455. The third-order valence-corrected chi connectivity index (χ3v) is 2.27. The van der Waals surface area contributed by atoms with Gasteiger partial charge in [0.2, 0.25) is 0 Å². The van der Waals surface area contributed by atoms with E-state index in [-0.39, 0.29) is 6.04 Å². The summed E-state index contributed by atoms with van der Waals surface area (Å²) in [5.74, 6) is 1.48. The van der Waals surface area contributed by atoms with E-state index in [0.29, 0.717) is 13.1 Å². The van der Waals surface area contributed by atoms with E-state index in [0.717, 1.165) is 17.2 Å². The van der Waals surface area contributed by atoms with Crippen LogP contribution in [0.15, 0.2) is 18.2 Å². The monoisotopic (exact) mass is 225 g/mol. The second kappa shape index (κ2) is 6.19. The van der Waals surface area contributed by atoms with Crippen LogP contribution in [0, 0.1) is 0 Å². The lowest BCUT2D eigenvalue weighted by molar-refractivity contribution is 0.395. The van der Waals surface area contributed by atoms with Crippen molar-refractivity contribution in [2.24, 2.45) is 11.5 Å². The average molecular weight is 225 g/mol. The highest BCUT2D eigenvalue weighted by Gasteiger charge is 2.06. The molecule has 0 saturated carbocycles. The van der Waals surface area contributed by atoms with E-state index < -0.39 is 0 Å². The summed E-state index contributed by atoms with van der Waals surface area (Å²) in [7, 11) is 3.23. The van der Waals surface area contributed by atoms with Crippen molar-refractivity contribution < 1.29 is 9.47 Å². The molecule has 0 radical (unpaired) electrons. The van der Waals surface area contributed by atoms with Crippen LogP contribution in [0.4, 0.5) is 5.69 Å². The molecule has 1 aromatic rings. The quantitative estimate of drug-likeness (QED) is 0.653. The molecule has 90 valence electrons. The summed E-state index contributed by atoms with van der Waals surface area (Å²) in [6, 6.07) is 5.50. The molecule has 0 fully saturated rings. The molecule has 0 spiro atoms. The van der Waals surface area contributed by atoms with Crippen molar-refractivity contribution in [2.75, 3.05) is 32.6 Å². The molecule has 1 unspecified atom stereocenters. The van der Waals surface area contributed by atoms with Gasteiger partial charge in [-0.05, 0) is 12.1 Å².